The summed E-state index contributed by atoms with van der Waals surface area (Å²) in [5.41, 5.74) is 2.57. The summed E-state index contributed by atoms with van der Waals surface area (Å²) in [7, 11) is 0. The fraction of sp³-hybridized carbons (Fsp3) is 0.765. The molecule has 0 aliphatic heterocycles. The van der Waals surface area contributed by atoms with Gasteiger partial charge in [0.05, 0.1) is 0 Å². The molecule has 20 heavy (non-hydrogen) atoms. The van der Waals surface area contributed by atoms with E-state index in [1.165, 1.54) is 25.7 Å². The fourth-order valence-corrected chi connectivity index (χ4v) is 3.74. The van der Waals surface area contributed by atoms with Crippen LogP contribution in [0, 0.1) is 18.3 Å². The van der Waals surface area contributed by atoms with Crippen LogP contribution in [0.2, 0.25) is 5.15 Å². The smallest absolute Gasteiger partial charge is 0.136 e. The zero-order chi connectivity index (χ0) is 14.9. The van der Waals surface area contributed by atoms with Crippen molar-refractivity contribution < 1.29 is 0 Å². The molecule has 2 nitrogen and oxygen atoms in total. The SMILES string of the molecule is CCc1c(C)nc(C2CCC(C(C)(C)C)CC2)nc1Cl. The van der Waals surface area contributed by atoms with E-state index in [0.29, 0.717) is 16.5 Å². The summed E-state index contributed by atoms with van der Waals surface area (Å²) in [6.45, 7) is 11.2. The molecule has 1 heterocycles. The third-order valence-electron chi connectivity index (χ3n) is 4.85. The molecule has 1 fully saturated rings. The Hall–Kier alpha value is -0.630. The van der Waals surface area contributed by atoms with Gasteiger partial charge in [0.25, 0.3) is 0 Å². The predicted octanol–water partition coefficient (Wildman–Crippen LogP) is 5.32. The first-order valence-corrected chi connectivity index (χ1v) is 8.23. The van der Waals surface area contributed by atoms with Gasteiger partial charge >= 0.3 is 0 Å². The molecule has 3 heteroatoms. The summed E-state index contributed by atoms with van der Waals surface area (Å²) in [4.78, 5) is 9.29. The zero-order valence-corrected chi connectivity index (χ0v) is 14.2. The van der Waals surface area contributed by atoms with E-state index in [2.05, 4.69) is 39.6 Å². The molecular weight excluding hydrogens is 268 g/mol. The number of rotatable bonds is 2. The van der Waals surface area contributed by atoms with E-state index < -0.39 is 0 Å². The lowest BCUT2D eigenvalue weighted by Gasteiger charge is -2.36. The van der Waals surface area contributed by atoms with E-state index >= 15 is 0 Å². The maximum atomic E-state index is 6.30. The molecule has 1 aliphatic rings. The summed E-state index contributed by atoms with van der Waals surface area (Å²) in [5, 5.41) is 0.660. The van der Waals surface area contributed by atoms with Gasteiger partial charge in [-0.1, -0.05) is 39.3 Å². The van der Waals surface area contributed by atoms with Crippen molar-refractivity contribution in [1.29, 1.82) is 0 Å². The molecule has 2 rings (SSSR count). The van der Waals surface area contributed by atoms with Gasteiger partial charge in [-0.3, -0.25) is 0 Å². The van der Waals surface area contributed by atoms with Crippen LogP contribution in [0.1, 0.15) is 76.4 Å². The van der Waals surface area contributed by atoms with Gasteiger partial charge in [0, 0.05) is 17.2 Å². The number of halogens is 1. The van der Waals surface area contributed by atoms with Gasteiger partial charge in [0.15, 0.2) is 0 Å². The summed E-state index contributed by atoms with van der Waals surface area (Å²) in [6.07, 6.45) is 5.86. The highest BCUT2D eigenvalue weighted by atomic mass is 35.5. The van der Waals surface area contributed by atoms with E-state index in [1.807, 2.05) is 0 Å². The molecule has 0 radical (unpaired) electrons. The third-order valence-corrected chi connectivity index (χ3v) is 5.16. The van der Waals surface area contributed by atoms with Gasteiger partial charge in [0.1, 0.15) is 11.0 Å². The molecule has 0 bridgehead atoms. The van der Waals surface area contributed by atoms with E-state index in [0.717, 1.165) is 29.4 Å². The van der Waals surface area contributed by atoms with Crippen LogP contribution < -0.4 is 0 Å². The van der Waals surface area contributed by atoms with Crippen molar-refractivity contribution in [2.75, 3.05) is 0 Å². The van der Waals surface area contributed by atoms with Crippen molar-refractivity contribution in [2.24, 2.45) is 11.3 Å². The van der Waals surface area contributed by atoms with Crippen LogP contribution in [-0.4, -0.2) is 9.97 Å². The molecular formula is C17H27ClN2. The van der Waals surface area contributed by atoms with E-state index in [4.69, 9.17) is 16.6 Å². The summed E-state index contributed by atoms with van der Waals surface area (Å²) >= 11 is 6.30. The van der Waals surface area contributed by atoms with Crippen LogP contribution in [-0.2, 0) is 6.42 Å². The van der Waals surface area contributed by atoms with Gasteiger partial charge in [0.2, 0.25) is 0 Å². The quantitative estimate of drug-likeness (QED) is 0.690. The van der Waals surface area contributed by atoms with Gasteiger partial charge in [-0.15, -0.1) is 0 Å². The Kier molecular flexibility index (Phi) is 4.73. The first-order valence-electron chi connectivity index (χ1n) is 7.85. The largest absolute Gasteiger partial charge is 0.238 e. The van der Waals surface area contributed by atoms with Crippen molar-refractivity contribution in [3.63, 3.8) is 0 Å². The van der Waals surface area contributed by atoms with Crippen molar-refractivity contribution >= 4 is 11.6 Å². The van der Waals surface area contributed by atoms with E-state index in [-0.39, 0.29) is 0 Å². The van der Waals surface area contributed by atoms with Crippen LogP contribution in [0.15, 0.2) is 0 Å². The molecule has 0 atom stereocenters. The predicted molar refractivity (Wildman–Crippen MR) is 85.3 cm³/mol. The van der Waals surface area contributed by atoms with Gasteiger partial charge in [-0.2, -0.15) is 0 Å². The van der Waals surface area contributed by atoms with Crippen LogP contribution in [0.4, 0.5) is 0 Å². The molecule has 0 saturated heterocycles. The highest BCUT2D eigenvalue weighted by Crippen LogP contribution is 2.42. The molecule has 0 N–H and O–H groups in total. The molecule has 0 amide bonds. The highest BCUT2D eigenvalue weighted by Gasteiger charge is 2.31. The minimum absolute atomic E-state index is 0.422. The lowest BCUT2D eigenvalue weighted by Crippen LogP contribution is -2.26. The molecule has 1 aliphatic carbocycles. The maximum absolute atomic E-state index is 6.30. The standard InChI is InChI=1S/C17H27ClN2/c1-6-14-11(2)19-16(20-15(14)18)12-7-9-13(10-8-12)17(3,4)5/h12-13H,6-10H2,1-5H3. The van der Waals surface area contributed by atoms with Crippen LogP contribution in [0.25, 0.3) is 0 Å². The highest BCUT2D eigenvalue weighted by molar-refractivity contribution is 6.30. The number of hydrogen-bond donors (Lipinski definition) is 0. The molecule has 1 saturated carbocycles. The van der Waals surface area contributed by atoms with Gasteiger partial charge in [-0.25, -0.2) is 9.97 Å². The number of nitrogens with zero attached hydrogens (tertiary/aromatic N) is 2. The van der Waals surface area contributed by atoms with Crippen molar-refractivity contribution in [2.45, 2.75) is 72.6 Å². The second-order valence-corrected chi connectivity index (χ2v) is 7.56. The van der Waals surface area contributed by atoms with Gasteiger partial charge < -0.3 is 0 Å². The minimum atomic E-state index is 0.422. The van der Waals surface area contributed by atoms with Gasteiger partial charge in [-0.05, 0) is 50.4 Å². The lowest BCUT2D eigenvalue weighted by atomic mass is 9.69. The molecule has 0 unspecified atom stereocenters. The topological polar surface area (TPSA) is 25.8 Å². The molecule has 0 aromatic carbocycles. The fourth-order valence-electron chi connectivity index (χ4n) is 3.38. The van der Waals surface area contributed by atoms with E-state index in [1.54, 1.807) is 0 Å². The van der Waals surface area contributed by atoms with E-state index in [9.17, 15) is 0 Å². The number of aromatic nitrogens is 2. The zero-order valence-electron chi connectivity index (χ0n) is 13.5. The molecule has 1 aromatic heterocycles. The summed E-state index contributed by atoms with van der Waals surface area (Å²) in [5.74, 6) is 2.29. The average Bonchev–Trinajstić information content (AvgIpc) is 2.37. The second-order valence-electron chi connectivity index (χ2n) is 7.20. The summed E-state index contributed by atoms with van der Waals surface area (Å²) < 4.78 is 0. The Bertz CT molecular complexity index is 445. The Labute approximate surface area is 128 Å². The minimum Gasteiger partial charge on any atom is -0.238 e. The monoisotopic (exact) mass is 294 g/mol. The number of hydrogen-bond acceptors (Lipinski definition) is 2. The van der Waals surface area contributed by atoms with Crippen LogP contribution in [0.5, 0.6) is 0 Å². The van der Waals surface area contributed by atoms with Crippen molar-refractivity contribution in [3.8, 4) is 0 Å². The molecule has 0 spiro atoms. The van der Waals surface area contributed by atoms with Crippen LogP contribution >= 0.6 is 11.6 Å². The molecule has 112 valence electrons. The van der Waals surface area contributed by atoms with Crippen molar-refractivity contribution in [3.05, 3.63) is 22.2 Å². The Morgan fingerprint density at radius 1 is 1.10 bits per heavy atom. The Morgan fingerprint density at radius 3 is 2.15 bits per heavy atom. The second kappa shape index (κ2) is 6.01. The Morgan fingerprint density at radius 2 is 1.70 bits per heavy atom. The number of aryl methyl sites for hydroxylation is 1. The third kappa shape index (κ3) is 3.33. The van der Waals surface area contributed by atoms with Crippen molar-refractivity contribution in [1.82, 2.24) is 9.97 Å². The normalized spacial score (nSPS) is 23.9. The summed E-state index contributed by atoms with van der Waals surface area (Å²) in [6, 6.07) is 0. The Balaban J connectivity index is 2.11. The molecule has 1 aromatic rings. The first kappa shape index (κ1) is 15.8. The maximum Gasteiger partial charge on any atom is 0.136 e. The van der Waals surface area contributed by atoms with Crippen LogP contribution in [0.3, 0.4) is 0 Å². The first-order chi connectivity index (χ1) is 9.32. The lowest BCUT2D eigenvalue weighted by molar-refractivity contribution is 0.167. The average molecular weight is 295 g/mol.